The number of nitrogens with one attached hydrogen (secondary N) is 1. The first kappa shape index (κ1) is 23.7. The zero-order valence-corrected chi connectivity index (χ0v) is 21.6. The Balaban J connectivity index is 1.51. The minimum Gasteiger partial charge on any atom is -0.329 e. The summed E-state index contributed by atoms with van der Waals surface area (Å²) in [6.07, 6.45) is 8.26. The average Bonchev–Trinajstić information content (AvgIpc) is 3.59. The molecule has 2 heterocycles. The average molecular weight is 529 g/mol. The molecule has 0 saturated heterocycles. The van der Waals surface area contributed by atoms with Crippen molar-refractivity contribution in [2.45, 2.75) is 36.6 Å². The third-order valence-corrected chi connectivity index (χ3v) is 8.66. The first-order chi connectivity index (χ1) is 18.0. The molecule has 8 heteroatoms. The number of hydrogen-bond donors (Lipinski definition) is 1. The standard InChI is InChI=1S/C29H25ClN4O2S/c30-28-27-25(18-34(22-11-7-8-12-22)29(27)32-19-31-28)21-15-16-26(24(17-21)20-9-3-1-4-10-20)33-37(35,36)23-13-5-2-6-14-23/h1-6,9-10,13-19,22,33H,7-8,11-12H2. The maximum Gasteiger partial charge on any atom is 0.261 e. The molecule has 1 N–H and O–H groups in total. The van der Waals surface area contributed by atoms with Gasteiger partial charge in [-0.1, -0.05) is 79.0 Å². The third-order valence-electron chi connectivity index (χ3n) is 6.99. The number of hydrogen-bond acceptors (Lipinski definition) is 4. The Morgan fingerprint density at radius 3 is 2.27 bits per heavy atom. The van der Waals surface area contributed by atoms with Crippen LogP contribution >= 0.6 is 11.6 Å². The molecule has 0 radical (unpaired) electrons. The first-order valence-corrected chi connectivity index (χ1v) is 14.2. The molecule has 6 rings (SSSR count). The molecule has 6 nitrogen and oxygen atoms in total. The van der Waals surface area contributed by atoms with Gasteiger partial charge < -0.3 is 4.57 Å². The molecule has 5 aromatic rings. The van der Waals surface area contributed by atoms with Crippen LogP contribution in [-0.4, -0.2) is 23.0 Å². The van der Waals surface area contributed by atoms with E-state index in [-0.39, 0.29) is 4.90 Å². The maximum atomic E-state index is 13.2. The van der Waals surface area contributed by atoms with Crippen LogP contribution in [0.3, 0.4) is 0 Å². The van der Waals surface area contributed by atoms with Crippen LogP contribution in [0.5, 0.6) is 0 Å². The largest absolute Gasteiger partial charge is 0.329 e. The van der Waals surface area contributed by atoms with Crippen LogP contribution in [0.2, 0.25) is 5.15 Å². The summed E-state index contributed by atoms with van der Waals surface area (Å²) in [5.74, 6) is 0. The highest BCUT2D eigenvalue weighted by molar-refractivity contribution is 7.92. The van der Waals surface area contributed by atoms with Crippen LogP contribution in [0.4, 0.5) is 5.69 Å². The van der Waals surface area contributed by atoms with Gasteiger partial charge in [-0.2, -0.15) is 0 Å². The highest BCUT2D eigenvalue weighted by atomic mass is 35.5. The Hall–Kier alpha value is -3.68. The van der Waals surface area contributed by atoms with E-state index in [4.69, 9.17) is 11.6 Å². The number of fused-ring (bicyclic) bond motifs is 1. The summed E-state index contributed by atoms with van der Waals surface area (Å²) in [6.45, 7) is 0. The fourth-order valence-corrected chi connectivity index (χ4v) is 6.52. The predicted octanol–water partition coefficient (Wildman–Crippen LogP) is 7.33. The van der Waals surface area contributed by atoms with Crippen molar-refractivity contribution in [2.24, 2.45) is 0 Å². The number of sulfonamides is 1. The van der Waals surface area contributed by atoms with Gasteiger partial charge in [0.2, 0.25) is 0 Å². The van der Waals surface area contributed by atoms with Crippen LogP contribution in [0.25, 0.3) is 33.3 Å². The van der Waals surface area contributed by atoms with Crippen molar-refractivity contribution in [3.8, 4) is 22.3 Å². The zero-order valence-electron chi connectivity index (χ0n) is 20.0. The van der Waals surface area contributed by atoms with E-state index in [9.17, 15) is 8.42 Å². The fraction of sp³-hybridized carbons (Fsp3) is 0.172. The molecule has 37 heavy (non-hydrogen) atoms. The van der Waals surface area contributed by atoms with Gasteiger partial charge in [0.15, 0.2) is 0 Å². The second kappa shape index (κ2) is 9.65. The summed E-state index contributed by atoms with van der Waals surface area (Å²) in [6, 6.07) is 24.3. The molecule has 186 valence electrons. The van der Waals surface area contributed by atoms with Crippen LogP contribution in [0.15, 0.2) is 96.3 Å². The lowest BCUT2D eigenvalue weighted by Gasteiger charge is -2.15. The Labute approximate surface area is 221 Å². The van der Waals surface area contributed by atoms with Gasteiger partial charge in [-0.25, -0.2) is 18.4 Å². The molecular weight excluding hydrogens is 504 g/mol. The van der Waals surface area contributed by atoms with E-state index in [0.29, 0.717) is 16.9 Å². The Bertz CT molecular complexity index is 1680. The van der Waals surface area contributed by atoms with Crippen LogP contribution in [-0.2, 0) is 10.0 Å². The van der Waals surface area contributed by atoms with Gasteiger partial charge in [0.1, 0.15) is 17.1 Å². The van der Waals surface area contributed by atoms with Crippen LogP contribution in [0, 0.1) is 0 Å². The summed E-state index contributed by atoms with van der Waals surface area (Å²) in [5.41, 5.74) is 4.85. The Morgan fingerprint density at radius 1 is 0.838 bits per heavy atom. The number of halogens is 1. The fourth-order valence-electron chi connectivity index (χ4n) is 5.19. The van der Waals surface area contributed by atoms with Crippen molar-refractivity contribution in [3.05, 3.63) is 96.5 Å². The molecule has 0 atom stereocenters. The normalized spacial score (nSPS) is 14.3. The maximum absolute atomic E-state index is 13.2. The molecular formula is C29H25ClN4O2S. The number of anilines is 1. The van der Waals surface area contributed by atoms with Crippen molar-refractivity contribution in [1.29, 1.82) is 0 Å². The van der Waals surface area contributed by atoms with Gasteiger partial charge in [0.25, 0.3) is 10.0 Å². The minimum absolute atomic E-state index is 0.210. The predicted molar refractivity (Wildman–Crippen MR) is 148 cm³/mol. The van der Waals surface area contributed by atoms with Crippen molar-refractivity contribution in [1.82, 2.24) is 14.5 Å². The quantitative estimate of drug-likeness (QED) is 0.234. The van der Waals surface area contributed by atoms with Gasteiger partial charge in [-0.05, 0) is 48.2 Å². The van der Waals surface area contributed by atoms with E-state index in [1.54, 1.807) is 30.3 Å². The van der Waals surface area contributed by atoms with Crippen molar-refractivity contribution in [3.63, 3.8) is 0 Å². The lowest BCUT2D eigenvalue weighted by Crippen LogP contribution is -2.13. The van der Waals surface area contributed by atoms with E-state index in [1.807, 2.05) is 48.5 Å². The van der Waals surface area contributed by atoms with Gasteiger partial charge in [0, 0.05) is 23.4 Å². The molecule has 1 saturated carbocycles. The van der Waals surface area contributed by atoms with E-state index in [1.165, 1.54) is 19.2 Å². The zero-order chi connectivity index (χ0) is 25.4. The highest BCUT2D eigenvalue weighted by Gasteiger charge is 2.24. The second-order valence-electron chi connectivity index (χ2n) is 9.30. The summed E-state index contributed by atoms with van der Waals surface area (Å²) < 4.78 is 31.4. The highest BCUT2D eigenvalue weighted by Crippen LogP contribution is 2.41. The number of nitrogens with zero attached hydrogens (tertiary/aromatic N) is 3. The Kier molecular flexibility index (Phi) is 6.18. The van der Waals surface area contributed by atoms with E-state index in [0.717, 1.165) is 46.1 Å². The van der Waals surface area contributed by atoms with Crippen molar-refractivity contribution >= 4 is 38.3 Å². The Morgan fingerprint density at radius 2 is 1.54 bits per heavy atom. The third kappa shape index (κ3) is 4.49. The van der Waals surface area contributed by atoms with Gasteiger partial charge in [0.05, 0.1) is 16.0 Å². The topological polar surface area (TPSA) is 76.9 Å². The molecule has 0 amide bonds. The smallest absolute Gasteiger partial charge is 0.261 e. The number of aromatic nitrogens is 3. The summed E-state index contributed by atoms with van der Waals surface area (Å²) >= 11 is 6.62. The molecule has 0 unspecified atom stereocenters. The molecule has 0 bridgehead atoms. The summed E-state index contributed by atoms with van der Waals surface area (Å²) in [5, 5.41) is 1.22. The minimum atomic E-state index is -3.76. The van der Waals surface area contributed by atoms with Gasteiger partial charge in [-0.15, -0.1) is 0 Å². The molecule has 0 aliphatic heterocycles. The lowest BCUT2D eigenvalue weighted by molar-refractivity contribution is 0.532. The van der Waals surface area contributed by atoms with Crippen molar-refractivity contribution in [2.75, 3.05) is 4.72 Å². The monoisotopic (exact) mass is 528 g/mol. The lowest BCUT2D eigenvalue weighted by atomic mass is 9.98. The molecule has 1 aliphatic carbocycles. The molecule has 1 aliphatic rings. The molecule has 1 fully saturated rings. The molecule has 3 aromatic carbocycles. The van der Waals surface area contributed by atoms with E-state index >= 15 is 0 Å². The van der Waals surface area contributed by atoms with Crippen LogP contribution < -0.4 is 4.72 Å². The van der Waals surface area contributed by atoms with Gasteiger partial charge in [-0.3, -0.25) is 4.72 Å². The van der Waals surface area contributed by atoms with E-state index in [2.05, 4.69) is 25.5 Å². The van der Waals surface area contributed by atoms with Crippen LogP contribution in [0.1, 0.15) is 31.7 Å². The summed E-state index contributed by atoms with van der Waals surface area (Å²) in [7, 11) is -3.76. The number of rotatable bonds is 6. The number of benzene rings is 3. The molecule has 2 aromatic heterocycles. The summed E-state index contributed by atoms with van der Waals surface area (Å²) in [4.78, 5) is 9.06. The SMILES string of the molecule is O=S(=O)(Nc1ccc(-c2cn(C3CCCC3)c3ncnc(Cl)c23)cc1-c1ccccc1)c1ccccc1. The first-order valence-electron chi connectivity index (χ1n) is 12.3. The molecule has 0 spiro atoms. The van der Waals surface area contributed by atoms with Crippen molar-refractivity contribution < 1.29 is 8.42 Å². The van der Waals surface area contributed by atoms with Gasteiger partial charge >= 0.3 is 0 Å². The van der Waals surface area contributed by atoms with E-state index < -0.39 is 10.0 Å². The second-order valence-corrected chi connectivity index (χ2v) is 11.3.